The maximum absolute atomic E-state index is 11.9. The second-order valence-electron chi connectivity index (χ2n) is 4.78. The van der Waals surface area contributed by atoms with E-state index < -0.39 is 27.4 Å². The number of carbonyl (C=O) groups excluding carboxylic acids is 1. The van der Waals surface area contributed by atoms with Crippen molar-refractivity contribution in [2.45, 2.75) is 5.88 Å². The highest BCUT2D eigenvalue weighted by atomic mass is 35.5. The molecule has 128 valence electrons. The smallest absolute Gasteiger partial charge is 0.255 e. The first-order valence-corrected chi connectivity index (χ1v) is 8.92. The second-order valence-corrected chi connectivity index (χ2v) is 7.26. The Labute approximate surface area is 144 Å². The first-order chi connectivity index (χ1) is 11.4. The molecular formula is C14H15ClN4O4S. The molecule has 1 aromatic heterocycles. The van der Waals surface area contributed by atoms with Gasteiger partial charge >= 0.3 is 0 Å². The largest absolute Gasteiger partial charge is 0.497 e. The number of rotatable bonds is 7. The fourth-order valence-electron chi connectivity index (χ4n) is 1.79. The van der Waals surface area contributed by atoms with Crippen LogP contribution in [0.1, 0.15) is 5.56 Å². The fraction of sp³-hybridized carbons (Fsp3) is 0.214. The Hall–Kier alpha value is -2.39. The van der Waals surface area contributed by atoms with Gasteiger partial charge in [-0.25, -0.2) is 13.8 Å². The van der Waals surface area contributed by atoms with E-state index in [1.165, 1.54) is 25.7 Å². The van der Waals surface area contributed by atoms with Gasteiger partial charge in [-0.3, -0.25) is 9.48 Å². The van der Waals surface area contributed by atoms with E-state index in [9.17, 15) is 13.2 Å². The lowest BCUT2D eigenvalue weighted by molar-refractivity contribution is -0.118. The molecule has 0 radical (unpaired) electrons. The predicted molar refractivity (Wildman–Crippen MR) is 89.8 cm³/mol. The third-order valence-electron chi connectivity index (χ3n) is 2.78. The Bertz CT molecular complexity index is 848. The Morgan fingerprint density at radius 1 is 1.50 bits per heavy atom. The lowest BCUT2D eigenvalue weighted by Gasteiger charge is -2.03. The zero-order chi connectivity index (χ0) is 17.6. The number of hydrogen-bond acceptors (Lipinski definition) is 6. The zero-order valence-corrected chi connectivity index (χ0v) is 14.3. The van der Waals surface area contributed by atoms with Crippen LogP contribution in [-0.4, -0.2) is 43.2 Å². The number of hydrazone groups is 1. The van der Waals surface area contributed by atoms with Crippen molar-refractivity contribution < 1.29 is 17.9 Å². The van der Waals surface area contributed by atoms with E-state index in [1.54, 1.807) is 24.3 Å². The van der Waals surface area contributed by atoms with Crippen molar-refractivity contribution in [1.29, 1.82) is 0 Å². The summed E-state index contributed by atoms with van der Waals surface area (Å²) in [5.74, 6) is -1.25. The normalized spacial score (nSPS) is 11.6. The number of nitrogens with one attached hydrogen (secondary N) is 1. The predicted octanol–water partition coefficient (Wildman–Crippen LogP) is 1.07. The monoisotopic (exact) mass is 370 g/mol. The van der Waals surface area contributed by atoms with Gasteiger partial charge in [0.15, 0.2) is 9.84 Å². The lowest BCUT2D eigenvalue weighted by atomic mass is 10.2. The number of aromatic nitrogens is 2. The van der Waals surface area contributed by atoms with Crippen LogP contribution in [0.3, 0.4) is 0 Å². The summed E-state index contributed by atoms with van der Waals surface area (Å²) in [4.78, 5) is 11.7. The van der Waals surface area contributed by atoms with E-state index in [2.05, 4.69) is 15.6 Å². The highest BCUT2D eigenvalue weighted by molar-refractivity contribution is 7.91. The molecule has 10 heteroatoms. The third kappa shape index (κ3) is 5.67. The molecule has 1 N–H and O–H groups in total. The number of halogens is 1. The molecule has 8 nitrogen and oxygen atoms in total. The van der Waals surface area contributed by atoms with E-state index in [4.69, 9.17) is 16.3 Å². The van der Waals surface area contributed by atoms with Crippen LogP contribution >= 0.6 is 11.6 Å². The van der Waals surface area contributed by atoms with E-state index in [-0.39, 0.29) is 0 Å². The lowest BCUT2D eigenvalue weighted by Crippen LogP contribution is -2.28. The molecular weight excluding hydrogens is 356 g/mol. The number of hydrogen-bond donors (Lipinski definition) is 1. The van der Waals surface area contributed by atoms with Crippen molar-refractivity contribution >= 4 is 33.6 Å². The van der Waals surface area contributed by atoms with Gasteiger partial charge in [0.05, 0.1) is 24.5 Å². The van der Waals surface area contributed by atoms with E-state index in [0.29, 0.717) is 16.3 Å². The topological polar surface area (TPSA) is 103 Å². The number of ether oxygens (including phenoxy) is 1. The maximum Gasteiger partial charge on any atom is 0.255 e. The molecule has 0 atom stereocenters. The molecule has 0 aliphatic rings. The van der Waals surface area contributed by atoms with Crippen LogP contribution < -0.4 is 10.2 Å². The summed E-state index contributed by atoms with van der Waals surface area (Å²) in [7, 11) is -2.15. The molecule has 0 spiro atoms. The number of sulfone groups is 1. The Morgan fingerprint density at radius 3 is 2.96 bits per heavy atom. The quantitative estimate of drug-likeness (QED) is 0.580. The van der Waals surface area contributed by atoms with Crippen LogP contribution in [0, 0.1) is 0 Å². The van der Waals surface area contributed by atoms with E-state index >= 15 is 0 Å². The SMILES string of the molecule is COc1cccc(C=NNC(=O)CS(=O)(=O)Cn2cc(Cl)cn2)c1. The van der Waals surface area contributed by atoms with Crippen molar-refractivity contribution in [2.24, 2.45) is 5.10 Å². The maximum atomic E-state index is 11.9. The van der Waals surface area contributed by atoms with Crippen LogP contribution in [0.15, 0.2) is 41.8 Å². The van der Waals surface area contributed by atoms with Gasteiger partial charge in [-0.05, 0) is 17.7 Å². The molecule has 0 saturated carbocycles. The van der Waals surface area contributed by atoms with Gasteiger partial charge in [-0.1, -0.05) is 23.7 Å². The van der Waals surface area contributed by atoms with Crippen molar-refractivity contribution in [2.75, 3.05) is 12.9 Å². The number of benzene rings is 1. The molecule has 1 aromatic carbocycles. The zero-order valence-electron chi connectivity index (χ0n) is 12.7. The van der Waals surface area contributed by atoms with Crippen LogP contribution in [0.4, 0.5) is 0 Å². The molecule has 2 rings (SSSR count). The molecule has 0 saturated heterocycles. The summed E-state index contributed by atoms with van der Waals surface area (Å²) in [5, 5.41) is 7.80. The average molecular weight is 371 g/mol. The number of methoxy groups -OCH3 is 1. The van der Waals surface area contributed by atoms with Crippen LogP contribution in [-0.2, 0) is 20.5 Å². The molecule has 0 fully saturated rings. The first kappa shape index (κ1) is 18.0. The van der Waals surface area contributed by atoms with Gasteiger partial charge in [0.2, 0.25) is 0 Å². The fourth-order valence-corrected chi connectivity index (χ4v) is 3.04. The highest BCUT2D eigenvalue weighted by Gasteiger charge is 2.17. The molecule has 0 aliphatic carbocycles. The minimum atomic E-state index is -3.69. The van der Waals surface area contributed by atoms with Crippen molar-refractivity contribution in [1.82, 2.24) is 15.2 Å². The minimum absolute atomic E-state index is 0.317. The summed E-state index contributed by atoms with van der Waals surface area (Å²) >= 11 is 5.66. The number of amides is 1. The molecule has 1 amide bonds. The highest BCUT2D eigenvalue weighted by Crippen LogP contribution is 2.10. The summed E-state index contributed by atoms with van der Waals surface area (Å²) in [5.41, 5.74) is 2.87. The molecule has 2 aromatic rings. The third-order valence-corrected chi connectivity index (χ3v) is 4.33. The van der Waals surface area contributed by atoms with Gasteiger partial charge < -0.3 is 4.74 Å². The standard InChI is InChI=1S/C14H15ClN4O4S/c1-23-13-4-2-3-11(5-13)6-16-18-14(20)9-24(21,22)10-19-8-12(15)7-17-19/h2-8H,9-10H2,1H3,(H,18,20). The average Bonchev–Trinajstić information content (AvgIpc) is 2.91. The van der Waals surface area contributed by atoms with E-state index in [0.717, 1.165) is 4.68 Å². The van der Waals surface area contributed by atoms with Gasteiger partial charge in [0, 0.05) is 6.20 Å². The molecule has 0 bridgehead atoms. The second kappa shape index (κ2) is 7.93. The molecule has 0 aliphatic heterocycles. The van der Waals surface area contributed by atoms with Crippen LogP contribution in [0.2, 0.25) is 5.02 Å². The summed E-state index contributed by atoms with van der Waals surface area (Å²) in [6, 6.07) is 7.01. The van der Waals surface area contributed by atoms with Crippen molar-refractivity contribution in [3.05, 3.63) is 47.2 Å². The van der Waals surface area contributed by atoms with Crippen molar-refractivity contribution in [3.63, 3.8) is 0 Å². The number of carbonyl (C=O) groups is 1. The van der Waals surface area contributed by atoms with Crippen molar-refractivity contribution in [3.8, 4) is 5.75 Å². The van der Waals surface area contributed by atoms with Crippen LogP contribution in [0.5, 0.6) is 5.75 Å². The number of nitrogens with zero attached hydrogens (tertiary/aromatic N) is 3. The van der Waals surface area contributed by atoms with E-state index in [1.807, 2.05) is 0 Å². The first-order valence-electron chi connectivity index (χ1n) is 6.72. The van der Waals surface area contributed by atoms with Gasteiger partial charge in [0.25, 0.3) is 5.91 Å². The summed E-state index contributed by atoms with van der Waals surface area (Å²) in [6.45, 7) is 0. The molecule has 0 unspecified atom stereocenters. The van der Waals surface area contributed by atoms with Gasteiger partial charge in [0.1, 0.15) is 17.4 Å². The minimum Gasteiger partial charge on any atom is -0.497 e. The Kier molecular flexibility index (Phi) is 5.93. The Morgan fingerprint density at radius 2 is 2.29 bits per heavy atom. The molecule has 1 heterocycles. The van der Waals surface area contributed by atoms with Gasteiger partial charge in [-0.2, -0.15) is 10.2 Å². The summed E-state index contributed by atoms with van der Waals surface area (Å²) < 4.78 is 30.0. The van der Waals surface area contributed by atoms with Gasteiger partial charge in [-0.15, -0.1) is 0 Å². The Balaban J connectivity index is 1.89. The summed E-state index contributed by atoms with van der Waals surface area (Å²) in [6.07, 6.45) is 4.06. The molecule has 24 heavy (non-hydrogen) atoms. The van der Waals surface area contributed by atoms with Crippen LogP contribution in [0.25, 0.3) is 0 Å².